The van der Waals surface area contributed by atoms with Gasteiger partial charge in [0.1, 0.15) is 5.56 Å². The number of fused-ring (bicyclic) bond motifs is 1. The Kier molecular flexibility index (Phi) is 4.62. The van der Waals surface area contributed by atoms with Crippen molar-refractivity contribution in [1.82, 2.24) is 14.8 Å². The molecule has 0 radical (unpaired) electrons. The normalized spacial score (nSPS) is 12.7. The van der Waals surface area contributed by atoms with E-state index in [0.29, 0.717) is 18.3 Å². The summed E-state index contributed by atoms with van der Waals surface area (Å²) < 4.78 is 12.0. The summed E-state index contributed by atoms with van der Waals surface area (Å²) in [4.78, 5) is 16.9. The van der Waals surface area contributed by atoms with E-state index in [0.717, 1.165) is 24.1 Å². The molecular weight excluding hydrogens is 342 g/mol. The number of hydrogen-bond donors (Lipinski definition) is 0. The number of esters is 1. The standard InChI is InChI=1S/C21H21N3O3/c1-3-27-21(25)17-13-22-24(20(17)26-2)19-12-6-11-18(23-19)16-10-5-8-14-7-4-9-15(14)16/h5-6,8,10-13H,3-4,7,9H2,1-2H3. The van der Waals surface area contributed by atoms with Gasteiger partial charge in [0.2, 0.25) is 5.88 Å². The summed E-state index contributed by atoms with van der Waals surface area (Å²) in [6.07, 6.45) is 4.83. The van der Waals surface area contributed by atoms with E-state index in [1.54, 1.807) is 6.92 Å². The topological polar surface area (TPSA) is 66.2 Å². The van der Waals surface area contributed by atoms with Crippen molar-refractivity contribution in [3.63, 3.8) is 0 Å². The van der Waals surface area contributed by atoms with Crippen molar-refractivity contribution in [2.45, 2.75) is 26.2 Å². The number of pyridine rings is 1. The number of methoxy groups -OCH3 is 1. The van der Waals surface area contributed by atoms with Crippen molar-refractivity contribution in [3.8, 4) is 23.0 Å². The van der Waals surface area contributed by atoms with Gasteiger partial charge in [-0.1, -0.05) is 24.3 Å². The number of rotatable bonds is 5. The van der Waals surface area contributed by atoms with E-state index in [2.05, 4.69) is 23.3 Å². The van der Waals surface area contributed by atoms with Crippen molar-refractivity contribution in [2.75, 3.05) is 13.7 Å². The molecule has 0 fully saturated rings. The maximum atomic E-state index is 12.1. The molecule has 27 heavy (non-hydrogen) atoms. The molecule has 6 nitrogen and oxygen atoms in total. The van der Waals surface area contributed by atoms with Crippen LogP contribution in [0.5, 0.6) is 5.88 Å². The Morgan fingerprint density at radius 1 is 1.19 bits per heavy atom. The first-order valence-corrected chi connectivity index (χ1v) is 9.10. The van der Waals surface area contributed by atoms with Gasteiger partial charge in [-0.2, -0.15) is 9.78 Å². The average Bonchev–Trinajstić information content (AvgIpc) is 3.34. The summed E-state index contributed by atoms with van der Waals surface area (Å²) in [6.45, 7) is 2.05. The van der Waals surface area contributed by atoms with Crippen LogP contribution in [-0.2, 0) is 17.6 Å². The Labute approximate surface area is 157 Å². The highest BCUT2D eigenvalue weighted by Crippen LogP contribution is 2.32. The number of aryl methyl sites for hydroxylation is 1. The molecule has 0 unspecified atom stereocenters. The van der Waals surface area contributed by atoms with E-state index >= 15 is 0 Å². The molecule has 0 N–H and O–H groups in total. The fourth-order valence-corrected chi connectivity index (χ4v) is 3.60. The van der Waals surface area contributed by atoms with Gasteiger partial charge in [-0.3, -0.25) is 0 Å². The van der Waals surface area contributed by atoms with Gasteiger partial charge in [0.05, 0.1) is 25.6 Å². The third kappa shape index (κ3) is 3.07. The predicted octanol–water partition coefficient (Wildman–Crippen LogP) is 3.61. The molecule has 0 saturated heterocycles. The first-order valence-electron chi connectivity index (χ1n) is 9.10. The SMILES string of the molecule is CCOC(=O)c1cnn(-c2cccc(-c3cccc4c3CCC4)n2)c1OC. The molecule has 1 aliphatic carbocycles. The molecule has 0 amide bonds. The number of ether oxygens (including phenoxy) is 2. The molecule has 2 aromatic heterocycles. The monoisotopic (exact) mass is 363 g/mol. The van der Waals surface area contributed by atoms with Gasteiger partial charge in [-0.25, -0.2) is 9.78 Å². The van der Waals surface area contributed by atoms with E-state index in [4.69, 9.17) is 14.5 Å². The molecule has 1 aliphatic rings. The minimum Gasteiger partial charge on any atom is -0.480 e. The van der Waals surface area contributed by atoms with Crippen LogP contribution in [0.15, 0.2) is 42.6 Å². The average molecular weight is 363 g/mol. The summed E-state index contributed by atoms with van der Waals surface area (Å²) in [5, 5.41) is 4.30. The van der Waals surface area contributed by atoms with Gasteiger partial charge in [-0.15, -0.1) is 0 Å². The Balaban J connectivity index is 1.76. The number of carbonyl (C=O) groups excluding carboxylic acids is 1. The lowest BCUT2D eigenvalue weighted by Crippen LogP contribution is -2.08. The summed E-state index contributed by atoms with van der Waals surface area (Å²) >= 11 is 0. The van der Waals surface area contributed by atoms with Crippen LogP contribution in [0.25, 0.3) is 17.1 Å². The Bertz CT molecular complexity index is 994. The molecule has 0 spiro atoms. The zero-order valence-electron chi connectivity index (χ0n) is 15.4. The van der Waals surface area contributed by atoms with Crippen LogP contribution >= 0.6 is 0 Å². The molecule has 0 saturated carbocycles. The lowest BCUT2D eigenvalue weighted by Gasteiger charge is -2.11. The second-order valence-corrected chi connectivity index (χ2v) is 6.38. The minimum absolute atomic E-state index is 0.284. The number of benzene rings is 1. The minimum atomic E-state index is -0.461. The Morgan fingerprint density at radius 2 is 2.04 bits per heavy atom. The van der Waals surface area contributed by atoms with Gasteiger partial charge in [-0.05, 0) is 49.4 Å². The Hall–Kier alpha value is -3.15. The van der Waals surface area contributed by atoms with Gasteiger partial charge in [0.25, 0.3) is 0 Å². The van der Waals surface area contributed by atoms with Crippen molar-refractivity contribution in [3.05, 3.63) is 59.3 Å². The van der Waals surface area contributed by atoms with E-state index in [1.165, 1.54) is 35.5 Å². The quantitative estimate of drug-likeness (QED) is 0.648. The molecule has 3 aromatic rings. The molecule has 0 atom stereocenters. The van der Waals surface area contributed by atoms with Crippen LogP contribution in [-0.4, -0.2) is 34.5 Å². The molecule has 138 valence electrons. The van der Waals surface area contributed by atoms with E-state index in [1.807, 2.05) is 18.2 Å². The van der Waals surface area contributed by atoms with Crippen LogP contribution < -0.4 is 4.74 Å². The number of nitrogens with zero attached hydrogens (tertiary/aromatic N) is 3. The number of carbonyl (C=O) groups is 1. The molecule has 0 aliphatic heterocycles. The maximum absolute atomic E-state index is 12.1. The summed E-state index contributed by atoms with van der Waals surface area (Å²) in [5.41, 5.74) is 5.11. The van der Waals surface area contributed by atoms with Gasteiger partial charge in [0.15, 0.2) is 5.82 Å². The molecular formula is C21H21N3O3. The third-order valence-corrected chi connectivity index (χ3v) is 4.79. The van der Waals surface area contributed by atoms with Gasteiger partial charge in [0, 0.05) is 5.56 Å². The predicted molar refractivity (Wildman–Crippen MR) is 101 cm³/mol. The van der Waals surface area contributed by atoms with Crippen LogP contribution in [0.3, 0.4) is 0 Å². The Morgan fingerprint density at radius 3 is 2.85 bits per heavy atom. The second kappa shape index (κ2) is 7.23. The van der Waals surface area contributed by atoms with Crippen molar-refractivity contribution >= 4 is 5.97 Å². The summed E-state index contributed by atoms with van der Waals surface area (Å²) in [7, 11) is 1.50. The van der Waals surface area contributed by atoms with E-state index in [9.17, 15) is 4.79 Å². The summed E-state index contributed by atoms with van der Waals surface area (Å²) in [5.74, 6) is 0.449. The highest BCUT2D eigenvalue weighted by atomic mass is 16.5. The zero-order chi connectivity index (χ0) is 18.8. The third-order valence-electron chi connectivity index (χ3n) is 4.79. The zero-order valence-corrected chi connectivity index (χ0v) is 15.4. The molecule has 1 aromatic carbocycles. The fraction of sp³-hybridized carbons (Fsp3) is 0.286. The highest BCUT2D eigenvalue weighted by molar-refractivity contribution is 5.91. The van der Waals surface area contributed by atoms with E-state index in [-0.39, 0.29) is 5.56 Å². The van der Waals surface area contributed by atoms with Crippen molar-refractivity contribution < 1.29 is 14.3 Å². The van der Waals surface area contributed by atoms with Gasteiger partial charge >= 0.3 is 5.97 Å². The number of hydrogen-bond acceptors (Lipinski definition) is 5. The fourth-order valence-electron chi connectivity index (χ4n) is 3.60. The van der Waals surface area contributed by atoms with Crippen LogP contribution in [0.4, 0.5) is 0 Å². The van der Waals surface area contributed by atoms with Crippen LogP contribution in [0.2, 0.25) is 0 Å². The largest absolute Gasteiger partial charge is 0.480 e. The smallest absolute Gasteiger partial charge is 0.345 e. The van der Waals surface area contributed by atoms with Crippen molar-refractivity contribution in [1.29, 1.82) is 0 Å². The van der Waals surface area contributed by atoms with Gasteiger partial charge < -0.3 is 9.47 Å². The lowest BCUT2D eigenvalue weighted by molar-refractivity contribution is 0.0522. The first-order chi connectivity index (χ1) is 13.2. The lowest BCUT2D eigenvalue weighted by atomic mass is 10.0. The van der Waals surface area contributed by atoms with Crippen LogP contribution in [0.1, 0.15) is 34.8 Å². The molecule has 6 heteroatoms. The molecule has 2 heterocycles. The second-order valence-electron chi connectivity index (χ2n) is 6.38. The number of aromatic nitrogens is 3. The first kappa shape index (κ1) is 17.3. The summed E-state index contributed by atoms with van der Waals surface area (Å²) in [6, 6.07) is 12.2. The van der Waals surface area contributed by atoms with Crippen LogP contribution in [0, 0.1) is 0 Å². The molecule has 0 bridgehead atoms. The van der Waals surface area contributed by atoms with E-state index < -0.39 is 5.97 Å². The highest BCUT2D eigenvalue weighted by Gasteiger charge is 2.22. The van der Waals surface area contributed by atoms with Crippen molar-refractivity contribution in [2.24, 2.45) is 0 Å². The molecule has 4 rings (SSSR count). The maximum Gasteiger partial charge on any atom is 0.345 e.